The van der Waals surface area contributed by atoms with Crippen LogP contribution in [-0.2, 0) is 0 Å². The molecule has 1 aliphatic carbocycles. The number of nitrogen functional groups attached to an aromatic ring is 1. The number of aromatic nitrogens is 2. The highest BCUT2D eigenvalue weighted by Crippen LogP contribution is 2.33. The highest BCUT2D eigenvalue weighted by atomic mass is 35.5. The van der Waals surface area contributed by atoms with E-state index in [1.165, 1.54) is 38.4 Å². The molecule has 1 aromatic heterocycles. The second kappa shape index (κ2) is 5.74. The van der Waals surface area contributed by atoms with Gasteiger partial charge in [0.1, 0.15) is 12.0 Å². The van der Waals surface area contributed by atoms with Gasteiger partial charge >= 0.3 is 0 Å². The Morgan fingerprint density at radius 3 is 2.61 bits per heavy atom. The molecule has 2 rings (SSSR count). The summed E-state index contributed by atoms with van der Waals surface area (Å²) in [6, 6.07) is 0.515. The van der Waals surface area contributed by atoms with Gasteiger partial charge in [-0.2, -0.15) is 0 Å². The summed E-state index contributed by atoms with van der Waals surface area (Å²) >= 11 is 5.94. The lowest BCUT2D eigenvalue weighted by molar-refractivity contribution is 0.313. The van der Waals surface area contributed by atoms with Gasteiger partial charge in [0, 0.05) is 13.1 Å². The van der Waals surface area contributed by atoms with Crippen LogP contribution in [0.25, 0.3) is 0 Å². The third-order valence-corrected chi connectivity index (χ3v) is 4.39. The van der Waals surface area contributed by atoms with Gasteiger partial charge in [-0.25, -0.2) is 9.97 Å². The predicted octanol–water partition coefficient (Wildman–Crippen LogP) is 3.12. The standard InChI is InChI=1S/C13H21ClN4/c1-3-9-4-6-10(7-5-9)18(2)13-11(15)12(14)16-8-17-13/h8-10H,3-7,15H2,1-2H3. The van der Waals surface area contributed by atoms with E-state index in [-0.39, 0.29) is 0 Å². The summed E-state index contributed by atoms with van der Waals surface area (Å²) in [4.78, 5) is 10.3. The van der Waals surface area contributed by atoms with Crippen molar-refractivity contribution in [1.29, 1.82) is 0 Å². The van der Waals surface area contributed by atoms with Crippen LogP contribution in [0, 0.1) is 5.92 Å². The quantitative estimate of drug-likeness (QED) is 0.856. The van der Waals surface area contributed by atoms with E-state index in [9.17, 15) is 0 Å². The first-order chi connectivity index (χ1) is 8.63. The van der Waals surface area contributed by atoms with Crippen LogP contribution < -0.4 is 10.6 Å². The van der Waals surface area contributed by atoms with E-state index in [2.05, 4.69) is 21.8 Å². The summed E-state index contributed by atoms with van der Waals surface area (Å²) < 4.78 is 0. The van der Waals surface area contributed by atoms with E-state index in [4.69, 9.17) is 17.3 Å². The predicted molar refractivity (Wildman–Crippen MR) is 75.9 cm³/mol. The van der Waals surface area contributed by atoms with Gasteiger partial charge in [0.15, 0.2) is 11.0 Å². The van der Waals surface area contributed by atoms with E-state index < -0.39 is 0 Å². The molecule has 0 bridgehead atoms. The largest absolute Gasteiger partial charge is 0.393 e. The van der Waals surface area contributed by atoms with Crippen molar-refractivity contribution in [2.24, 2.45) is 5.92 Å². The van der Waals surface area contributed by atoms with Crippen molar-refractivity contribution < 1.29 is 0 Å². The Hall–Kier alpha value is -1.03. The Balaban J connectivity index is 2.08. The minimum absolute atomic E-state index is 0.342. The maximum Gasteiger partial charge on any atom is 0.157 e. The van der Waals surface area contributed by atoms with E-state index in [1.807, 2.05) is 7.05 Å². The van der Waals surface area contributed by atoms with Gasteiger partial charge in [-0.05, 0) is 31.6 Å². The van der Waals surface area contributed by atoms with Crippen molar-refractivity contribution in [2.45, 2.75) is 45.1 Å². The van der Waals surface area contributed by atoms with Crippen LogP contribution in [-0.4, -0.2) is 23.1 Å². The lowest BCUT2D eigenvalue weighted by Gasteiger charge is -2.35. The first kappa shape index (κ1) is 13.4. The average Bonchev–Trinajstić information content (AvgIpc) is 2.41. The molecule has 0 amide bonds. The van der Waals surface area contributed by atoms with Gasteiger partial charge in [-0.3, -0.25) is 0 Å². The van der Waals surface area contributed by atoms with Gasteiger partial charge in [0.25, 0.3) is 0 Å². The maximum absolute atomic E-state index is 5.95. The lowest BCUT2D eigenvalue weighted by atomic mass is 9.84. The molecule has 0 aliphatic heterocycles. The SMILES string of the molecule is CCC1CCC(N(C)c2ncnc(Cl)c2N)CC1. The zero-order chi connectivity index (χ0) is 13.1. The second-order valence-electron chi connectivity index (χ2n) is 5.10. The molecular weight excluding hydrogens is 248 g/mol. The Labute approximate surface area is 114 Å². The van der Waals surface area contributed by atoms with Crippen LogP contribution >= 0.6 is 11.6 Å². The van der Waals surface area contributed by atoms with Crippen LogP contribution in [0.3, 0.4) is 0 Å². The third kappa shape index (κ3) is 2.69. The van der Waals surface area contributed by atoms with Crippen molar-refractivity contribution in [3.63, 3.8) is 0 Å². The number of rotatable bonds is 3. The van der Waals surface area contributed by atoms with Crippen molar-refractivity contribution in [3.05, 3.63) is 11.5 Å². The van der Waals surface area contributed by atoms with E-state index in [1.54, 1.807) is 0 Å². The van der Waals surface area contributed by atoms with E-state index in [0.717, 1.165) is 11.7 Å². The van der Waals surface area contributed by atoms with Gasteiger partial charge in [0.05, 0.1) is 0 Å². The third-order valence-electron chi connectivity index (χ3n) is 4.09. The molecule has 100 valence electrons. The van der Waals surface area contributed by atoms with E-state index in [0.29, 0.717) is 16.9 Å². The number of anilines is 2. The molecule has 2 N–H and O–H groups in total. The van der Waals surface area contributed by atoms with Crippen molar-refractivity contribution in [2.75, 3.05) is 17.7 Å². The summed E-state index contributed by atoms with van der Waals surface area (Å²) in [6.45, 7) is 2.27. The number of nitrogens with zero attached hydrogens (tertiary/aromatic N) is 3. The highest BCUT2D eigenvalue weighted by molar-refractivity contribution is 6.32. The molecule has 0 unspecified atom stereocenters. The van der Waals surface area contributed by atoms with Gasteiger partial charge in [-0.1, -0.05) is 24.9 Å². The Bertz CT molecular complexity index is 402. The molecular formula is C13H21ClN4. The topological polar surface area (TPSA) is 55.0 Å². The molecule has 4 nitrogen and oxygen atoms in total. The molecule has 0 radical (unpaired) electrons. The molecule has 18 heavy (non-hydrogen) atoms. The molecule has 0 spiro atoms. The minimum atomic E-state index is 0.342. The number of halogens is 1. The zero-order valence-corrected chi connectivity index (χ0v) is 11.8. The number of hydrogen-bond acceptors (Lipinski definition) is 4. The molecule has 5 heteroatoms. The Kier molecular flexibility index (Phi) is 4.27. The van der Waals surface area contributed by atoms with Gasteiger partial charge < -0.3 is 10.6 Å². The molecule has 1 aliphatic rings. The summed E-state index contributed by atoms with van der Waals surface area (Å²) in [5, 5.41) is 0.342. The summed E-state index contributed by atoms with van der Waals surface area (Å²) in [5.74, 6) is 1.65. The van der Waals surface area contributed by atoms with Crippen molar-refractivity contribution in [1.82, 2.24) is 9.97 Å². The second-order valence-corrected chi connectivity index (χ2v) is 5.45. The summed E-state index contributed by atoms with van der Waals surface area (Å²) in [7, 11) is 2.05. The fraction of sp³-hybridized carbons (Fsp3) is 0.692. The summed E-state index contributed by atoms with van der Waals surface area (Å²) in [6.07, 6.45) is 7.76. The van der Waals surface area contributed by atoms with Crippen LogP contribution in [0.5, 0.6) is 0 Å². The minimum Gasteiger partial charge on any atom is -0.393 e. The normalized spacial score (nSPS) is 23.9. The number of hydrogen-bond donors (Lipinski definition) is 1. The smallest absolute Gasteiger partial charge is 0.157 e. The molecule has 1 saturated carbocycles. The zero-order valence-electron chi connectivity index (χ0n) is 11.1. The first-order valence-corrected chi connectivity index (χ1v) is 7.00. The molecule has 0 atom stereocenters. The first-order valence-electron chi connectivity index (χ1n) is 6.62. The van der Waals surface area contributed by atoms with Crippen LogP contribution in [0.1, 0.15) is 39.0 Å². The maximum atomic E-state index is 5.95. The van der Waals surface area contributed by atoms with Crippen LogP contribution in [0.2, 0.25) is 5.15 Å². The molecule has 0 saturated heterocycles. The Morgan fingerprint density at radius 1 is 1.33 bits per heavy atom. The van der Waals surface area contributed by atoms with Crippen LogP contribution in [0.15, 0.2) is 6.33 Å². The van der Waals surface area contributed by atoms with Gasteiger partial charge in [0.2, 0.25) is 0 Å². The Morgan fingerprint density at radius 2 is 2.00 bits per heavy atom. The summed E-state index contributed by atoms with van der Waals surface area (Å²) in [5.41, 5.74) is 6.43. The van der Waals surface area contributed by atoms with Crippen LogP contribution in [0.4, 0.5) is 11.5 Å². The fourth-order valence-corrected chi connectivity index (χ4v) is 2.89. The molecule has 1 aromatic rings. The van der Waals surface area contributed by atoms with Gasteiger partial charge in [-0.15, -0.1) is 0 Å². The molecule has 1 heterocycles. The molecule has 1 fully saturated rings. The monoisotopic (exact) mass is 268 g/mol. The highest BCUT2D eigenvalue weighted by Gasteiger charge is 2.25. The average molecular weight is 269 g/mol. The van der Waals surface area contributed by atoms with Crippen molar-refractivity contribution in [3.8, 4) is 0 Å². The number of nitrogens with two attached hydrogens (primary N) is 1. The van der Waals surface area contributed by atoms with E-state index >= 15 is 0 Å². The lowest BCUT2D eigenvalue weighted by Crippen LogP contribution is -2.36. The fourth-order valence-electron chi connectivity index (χ4n) is 2.76. The molecule has 0 aromatic carbocycles. The van der Waals surface area contributed by atoms with Crippen molar-refractivity contribution >= 4 is 23.1 Å².